The van der Waals surface area contributed by atoms with Gasteiger partial charge in [-0.3, -0.25) is 9.59 Å². The Morgan fingerprint density at radius 2 is 2.00 bits per heavy atom. The van der Waals surface area contributed by atoms with Crippen molar-refractivity contribution in [2.24, 2.45) is 0 Å². The molecule has 0 radical (unpaired) electrons. The molecular formula is C14H12FN3O2S. The third-order valence-corrected chi connectivity index (χ3v) is 4.01. The summed E-state index contributed by atoms with van der Waals surface area (Å²) in [6.45, 7) is 0. The van der Waals surface area contributed by atoms with Crippen LogP contribution in [0.3, 0.4) is 0 Å². The summed E-state index contributed by atoms with van der Waals surface area (Å²) in [5.41, 5.74) is 0.867. The number of hydrogen-bond donors (Lipinski definition) is 2. The Morgan fingerprint density at radius 3 is 2.67 bits per heavy atom. The second-order valence-electron chi connectivity index (χ2n) is 4.70. The zero-order valence-electron chi connectivity index (χ0n) is 11.1. The van der Waals surface area contributed by atoms with Crippen LogP contribution in [0.15, 0.2) is 34.2 Å². The topological polar surface area (TPSA) is 74.8 Å². The predicted molar refractivity (Wildman–Crippen MR) is 78.1 cm³/mol. The van der Waals surface area contributed by atoms with Crippen LogP contribution in [0.1, 0.15) is 17.0 Å². The maximum Gasteiger partial charge on any atom is 0.256 e. The molecule has 0 saturated carbocycles. The summed E-state index contributed by atoms with van der Waals surface area (Å²) in [5.74, 6) is -0.800. The van der Waals surface area contributed by atoms with Gasteiger partial charge in [0.05, 0.1) is 11.5 Å². The fraction of sp³-hybridized carbons (Fsp3) is 0.214. The number of benzene rings is 1. The molecule has 2 N–H and O–H groups in total. The number of anilines is 1. The summed E-state index contributed by atoms with van der Waals surface area (Å²) >= 11 is 1.30. The summed E-state index contributed by atoms with van der Waals surface area (Å²) in [6.07, 6.45) is 2.04. The van der Waals surface area contributed by atoms with E-state index in [2.05, 4.69) is 15.3 Å². The predicted octanol–water partition coefficient (Wildman–Crippen LogP) is 1.91. The van der Waals surface area contributed by atoms with Crippen LogP contribution in [0, 0.1) is 5.82 Å². The molecule has 0 bridgehead atoms. The minimum absolute atomic E-state index is 0.237. The maximum atomic E-state index is 13.0. The molecule has 1 unspecified atom stereocenters. The molecule has 108 valence electrons. The van der Waals surface area contributed by atoms with Crippen molar-refractivity contribution in [1.29, 1.82) is 0 Å². The number of aromatic nitrogens is 2. The van der Waals surface area contributed by atoms with Gasteiger partial charge in [0.2, 0.25) is 5.91 Å². The van der Waals surface area contributed by atoms with Crippen LogP contribution in [0.2, 0.25) is 0 Å². The molecule has 1 aliphatic rings. The molecular weight excluding hydrogens is 293 g/mol. The molecule has 5 nitrogen and oxygen atoms in total. The fourth-order valence-electron chi connectivity index (χ4n) is 2.33. The average Bonchev–Trinajstić information content (AvgIpc) is 2.47. The quantitative estimate of drug-likeness (QED) is 0.656. The van der Waals surface area contributed by atoms with Crippen LogP contribution in [-0.4, -0.2) is 22.1 Å². The van der Waals surface area contributed by atoms with E-state index in [1.807, 2.05) is 0 Å². The van der Waals surface area contributed by atoms with Crippen LogP contribution in [0.4, 0.5) is 10.2 Å². The van der Waals surface area contributed by atoms with E-state index in [0.717, 1.165) is 0 Å². The average molecular weight is 305 g/mol. The number of halogens is 1. The molecule has 0 spiro atoms. The number of amides is 1. The Morgan fingerprint density at radius 1 is 1.29 bits per heavy atom. The van der Waals surface area contributed by atoms with Crippen LogP contribution in [0.5, 0.6) is 0 Å². The van der Waals surface area contributed by atoms with E-state index in [4.69, 9.17) is 0 Å². The van der Waals surface area contributed by atoms with Crippen molar-refractivity contribution in [3.8, 4) is 0 Å². The normalized spacial score (nSPS) is 17.2. The molecule has 21 heavy (non-hydrogen) atoms. The summed E-state index contributed by atoms with van der Waals surface area (Å²) in [6, 6.07) is 5.72. The van der Waals surface area contributed by atoms with Crippen molar-refractivity contribution < 1.29 is 9.18 Å². The monoisotopic (exact) mass is 305 g/mol. The second kappa shape index (κ2) is 5.33. The number of hydrogen-bond acceptors (Lipinski definition) is 4. The number of aromatic amines is 1. The molecule has 7 heteroatoms. The molecule has 1 aromatic carbocycles. The fourth-order valence-corrected chi connectivity index (χ4v) is 2.71. The van der Waals surface area contributed by atoms with Crippen molar-refractivity contribution in [3.05, 3.63) is 51.6 Å². The largest absolute Gasteiger partial charge is 0.310 e. The van der Waals surface area contributed by atoms with Gasteiger partial charge in [-0.25, -0.2) is 9.37 Å². The minimum atomic E-state index is -0.513. The number of rotatable bonds is 2. The first kappa shape index (κ1) is 13.8. The number of nitrogens with zero attached hydrogens (tertiary/aromatic N) is 1. The van der Waals surface area contributed by atoms with Crippen LogP contribution in [0.25, 0.3) is 0 Å². The molecule has 0 aliphatic carbocycles. The number of fused-ring (bicyclic) bond motifs is 1. The van der Waals surface area contributed by atoms with Gasteiger partial charge in [-0.15, -0.1) is 0 Å². The number of thioether (sulfide) groups is 1. The van der Waals surface area contributed by atoms with Gasteiger partial charge in [-0.2, -0.15) is 0 Å². The maximum absolute atomic E-state index is 13.0. The molecule has 1 atom stereocenters. The van der Waals surface area contributed by atoms with Gasteiger partial charge in [0.25, 0.3) is 5.56 Å². The first-order valence-electron chi connectivity index (χ1n) is 6.32. The van der Waals surface area contributed by atoms with Gasteiger partial charge in [-0.05, 0) is 30.4 Å². The number of carbonyl (C=O) groups excluding carboxylic acids is 1. The molecule has 2 aromatic rings. The van der Waals surface area contributed by atoms with Crippen molar-refractivity contribution >= 4 is 23.5 Å². The second-order valence-corrected chi connectivity index (χ2v) is 5.49. The van der Waals surface area contributed by atoms with Crippen LogP contribution < -0.4 is 10.9 Å². The summed E-state index contributed by atoms with van der Waals surface area (Å²) in [7, 11) is 0. The minimum Gasteiger partial charge on any atom is -0.310 e. The van der Waals surface area contributed by atoms with Gasteiger partial charge in [0, 0.05) is 0 Å². The molecule has 1 amide bonds. The van der Waals surface area contributed by atoms with E-state index >= 15 is 0 Å². The SMILES string of the molecule is CSc1nc2c(c(=O)[nH]1)CC(c1ccc(F)cc1)C(=O)N2. The Bertz CT molecular complexity index is 758. The Balaban J connectivity index is 2.01. The third kappa shape index (κ3) is 2.56. The first-order chi connectivity index (χ1) is 10.1. The molecule has 0 saturated heterocycles. The zero-order valence-corrected chi connectivity index (χ0v) is 12.0. The lowest BCUT2D eigenvalue weighted by Crippen LogP contribution is -2.33. The van der Waals surface area contributed by atoms with Crippen molar-refractivity contribution in [1.82, 2.24) is 9.97 Å². The highest BCUT2D eigenvalue weighted by Crippen LogP contribution is 2.29. The lowest BCUT2D eigenvalue weighted by molar-refractivity contribution is -0.117. The van der Waals surface area contributed by atoms with E-state index < -0.39 is 5.92 Å². The van der Waals surface area contributed by atoms with Crippen LogP contribution in [-0.2, 0) is 11.2 Å². The van der Waals surface area contributed by atoms with Gasteiger partial charge >= 0.3 is 0 Å². The van der Waals surface area contributed by atoms with Gasteiger partial charge < -0.3 is 10.3 Å². The number of carbonyl (C=O) groups is 1. The molecule has 1 aromatic heterocycles. The van der Waals surface area contributed by atoms with Crippen molar-refractivity contribution in [2.45, 2.75) is 17.5 Å². The van der Waals surface area contributed by atoms with Gasteiger partial charge in [-0.1, -0.05) is 23.9 Å². The Kier molecular flexibility index (Phi) is 3.50. The lowest BCUT2D eigenvalue weighted by atomic mass is 9.89. The van der Waals surface area contributed by atoms with E-state index in [9.17, 15) is 14.0 Å². The van der Waals surface area contributed by atoms with Crippen molar-refractivity contribution in [3.63, 3.8) is 0 Å². The summed E-state index contributed by atoms with van der Waals surface area (Å²) in [4.78, 5) is 31.1. The third-order valence-electron chi connectivity index (χ3n) is 3.43. The highest BCUT2D eigenvalue weighted by molar-refractivity contribution is 7.98. The molecule has 1 aliphatic heterocycles. The summed E-state index contributed by atoms with van der Waals surface area (Å²) < 4.78 is 13.0. The molecule has 0 fully saturated rings. The van der Waals surface area contributed by atoms with Crippen LogP contribution >= 0.6 is 11.8 Å². The Labute approximate surface area is 124 Å². The van der Waals surface area contributed by atoms with Gasteiger partial charge in [0.15, 0.2) is 5.16 Å². The smallest absolute Gasteiger partial charge is 0.256 e. The number of H-pyrrole nitrogens is 1. The van der Waals surface area contributed by atoms with E-state index in [1.54, 1.807) is 18.4 Å². The Hall–Kier alpha value is -2.15. The highest BCUT2D eigenvalue weighted by Gasteiger charge is 2.30. The first-order valence-corrected chi connectivity index (χ1v) is 7.54. The lowest BCUT2D eigenvalue weighted by Gasteiger charge is -2.23. The number of nitrogens with one attached hydrogen (secondary N) is 2. The standard InChI is InChI=1S/C14H12FN3O2S/c1-21-14-17-11-10(13(20)18-14)6-9(12(19)16-11)7-2-4-8(15)5-3-7/h2-5,9H,6H2,1H3,(H2,16,17,18,19,20). The molecule has 3 rings (SSSR count). The zero-order chi connectivity index (χ0) is 15.0. The van der Waals surface area contributed by atoms with E-state index in [1.165, 1.54) is 23.9 Å². The van der Waals surface area contributed by atoms with Crippen molar-refractivity contribution in [2.75, 3.05) is 11.6 Å². The highest BCUT2D eigenvalue weighted by atomic mass is 32.2. The molecule has 2 heterocycles. The van der Waals surface area contributed by atoms with E-state index in [0.29, 0.717) is 22.1 Å². The van der Waals surface area contributed by atoms with Gasteiger partial charge in [0.1, 0.15) is 11.6 Å². The summed E-state index contributed by atoms with van der Waals surface area (Å²) in [5, 5.41) is 3.12. The van der Waals surface area contributed by atoms with E-state index in [-0.39, 0.29) is 23.7 Å².